The maximum atomic E-state index is 9.40. The van der Waals surface area contributed by atoms with Crippen molar-refractivity contribution < 1.29 is 0 Å². The molecule has 4 nitrogen and oxygen atoms in total. The second-order valence-electron chi connectivity index (χ2n) is 12.5. The topological polar surface area (TPSA) is 62.5 Å². The van der Waals surface area contributed by atoms with Gasteiger partial charge in [0, 0.05) is 16.7 Å². The van der Waals surface area contributed by atoms with Gasteiger partial charge in [0.05, 0.1) is 11.6 Å². The molecule has 7 rings (SSSR count). The van der Waals surface area contributed by atoms with Crippen LogP contribution in [0.1, 0.15) is 57.1 Å². The van der Waals surface area contributed by atoms with Crippen LogP contribution in [0.5, 0.6) is 0 Å². The Morgan fingerprint density at radius 1 is 0.683 bits per heavy atom. The zero-order valence-electron chi connectivity index (χ0n) is 23.7. The van der Waals surface area contributed by atoms with Gasteiger partial charge in [-0.1, -0.05) is 92.7 Å². The molecule has 2 saturated carbocycles. The molecular formula is C37H34N4. The molecule has 0 spiro atoms. The third-order valence-corrected chi connectivity index (χ3v) is 9.30. The summed E-state index contributed by atoms with van der Waals surface area (Å²) in [5.74, 6) is 4.39. The highest BCUT2D eigenvalue weighted by molar-refractivity contribution is 5.96. The zero-order chi connectivity index (χ0) is 28.0. The predicted octanol–water partition coefficient (Wildman–Crippen LogP) is 9.00. The van der Waals surface area contributed by atoms with E-state index in [2.05, 4.69) is 50.2 Å². The van der Waals surface area contributed by atoms with Gasteiger partial charge in [-0.25, -0.2) is 15.0 Å². The lowest BCUT2D eigenvalue weighted by Gasteiger charge is -2.50. The summed E-state index contributed by atoms with van der Waals surface area (Å²) in [7, 11) is 0. The molecule has 4 heteroatoms. The Morgan fingerprint density at radius 2 is 1.34 bits per heavy atom. The van der Waals surface area contributed by atoms with Crippen LogP contribution in [0.25, 0.3) is 44.9 Å². The number of benzene rings is 4. The van der Waals surface area contributed by atoms with E-state index in [4.69, 9.17) is 15.0 Å². The third kappa shape index (κ3) is 4.80. The van der Waals surface area contributed by atoms with Crippen LogP contribution in [0.2, 0.25) is 0 Å². The molecule has 5 aromatic rings. The number of nitriles is 1. The lowest BCUT2D eigenvalue weighted by Crippen LogP contribution is -2.42. The fraction of sp³-hybridized carbons (Fsp3) is 0.297. The quantitative estimate of drug-likeness (QED) is 0.231. The van der Waals surface area contributed by atoms with Gasteiger partial charge in [0.1, 0.15) is 0 Å². The second-order valence-corrected chi connectivity index (χ2v) is 12.5. The van der Waals surface area contributed by atoms with Crippen LogP contribution in [-0.2, 0) is 5.41 Å². The van der Waals surface area contributed by atoms with Gasteiger partial charge in [0.15, 0.2) is 17.5 Å². The van der Waals surface area contributed by atoms with Gasteiger partial charge in [-0.3, -0.25) is 0 Å². The summed E-state index contributed by atoms with van der Waals surface area (Å²) in [5, 5.41) is 11.4. The van der Waals surface area contributed by atoms with Crippen molar-refractivity contribution in [2.24, 2.45) is 17.8 Å². The van der Waals surface area contributed by atoms with Crippen LogP contribution in [0, 0.1) is 29.1 Å². The van der Waals surface area contributed by atoms with E-state index in [0.29, 0.717) is 28.5 Å². The van der Waals surface area contributed by atoms with E-state index in [-0.39, 0.29) is 0 Å². The number of rotatable bonds is 4. The highest BCUT2D eigenvalue weighted by atomic mass is 15.0. The molecule has 0 amide bonds. The maximum Gasteiger partial charge on any atom is 0.164 e. The van der Waals surface area contributed by atoms with Gasteiger partial charge in [0.25, 0.3) is 0 Å². The van der Waals surface area contributed by atoms with E-state index in [1.54, 1.807) is 0 Å². The summed E-state index contributed by atoms with van der Waals surface area (Å²) in [6, 6.07) is 33.3. The van der Waals surface area contributed by atoms with E-state index in [1.165, 1.54) is 37.7 Å². The molecule has 0 radical (unpaired) electrons. The Bertz CT molecular complexity index is 1750. The average molecular weight is 535 g/mol. The molecule has 2 fully saturated rings. The Kier molecular flexibility index (Phi) is 6.39. The number of aromatic nitrogens is 3. The van der Waals surface area contributed by atoms with Crippen molar-refractivity contribution in [1.82, 2.24) is 15.0 Å². The highest BCUT2D eigenvalue weighted by Crippen LogP contribution is 2.54. The van der Waals surface area contributed by atoms with Gasteiger partial charge in [-0.15, -0.1) is 0 Å². The normalized spacial score (nSPS) is 23.7. The molecule has 4 atom stereocenters. The van der Waals surface area contributed by atoms with E-state index in [1.807, 2.05) is 60.7 Å². The van der Waals surface area contributed by atoms with Crippen molar-refractivity contribution in [3.63, 3.8) is 0 Å². The van der Waals surface area contributed by atoms with Crippen molar-refractivity contribution in [2.45, 2.75) is 51.4 Å². The van der Waals surface area contributed by atoms with Crippen LogP contribution in [0.4, 0.5) is 0 Å². The molecule has 1 aromatic heterocycles. The van der Waals surface area contributed by atoms with Gasteiger partial charge in [0.2, 0.25) is 0 Å². The van der Waals surface area contributed by atoms with Crippen LogP contribution >= 0.6 is 0 Å². The minimum absolute atomic E-state index is 0.295. The Labute approximate surface area is 242 Å². The van der Waals surface area contributed by atoms with Gasteiger partial charge < -0.3 is 0 Å². The molecule has 2 unspecified atom stereocenters. The predicted molar refractivity (Wildman–Crippen MR) is 165 cm³/mol. The van der Waals surface area contributed by atoms with Crippen LogP contribution in [-0.4, -0.2) is 15.0 Å². The molecule has 2 aliphatic carbocycles. The fourth-order valence-electron chi connectivity index (χ4n) is 7.92. The van der Waals surface area contributed by atoms with Gasteiger partial charge in [-0.2, -0.15) is 5.26 Å². The van der Waals surface area contributed by atoms with E-state index in [0.717, 1.165) is 45.2 Å². The summed E-state index contributed by atoms with van der Waals surface area (Å²) in [6.07, 6.45) is 6.66. The number of hydrogen-bond donors (Lipinski definition) is 0. The van der Waals surface area contributed by atoms with Crippen molar-refractivity contribution in [3.8, 4) is 40.2 Å². The summed E-state index contributed by atoms with van der Waals surface area (Å²) >= 11 is 0. The minimum atomic E-state index is 0.295. The molecule has 4 aromatic carbocycles. The smallest absolute Gasteiger partial charge is 0.164 e. The van der Waals surface area contributed by atoms with Gasteiger partial charge in [-0.05, 0) is 83.7 Å². The SMILES string of the molecule is CC1C[C@H]2C[C@@H](C)CC(c3ccc(-c4nc(-c5ccccc5)nc(-c5cccc6cc(C#N)ccc56)n4)cc3)(C1)C2. The third-order valence-electron chi connectivity index (χ3n) is 9.30. The van der Waals surface area contributed by atoms with E-state index >= 15 is 0 Å². The molecule has 2 bridgehead atoms. The molecule has 0 aliphatic heterocycles. The minimum Gasteiger partial charge on any atom is -0.208 e. The summed E-state index contributed by atoms with van der Waals surface area (Å²) in [4.78, 5) is 15.0. The largest absolute Gasteiger partial charge is 0.208 e. The lowest BCUT2D eigenvalue weighted by molar-refractivity contribution is 0.0780. The van der Waals surface area contributed by atoms with Crippen molar-refractivity contribution in [1.29, 1.82) is 5.26 Å². The van der Waals surface area contributed by atoms with E-state index in [9.17, 15) is 5.26 Å². The first-order valence-corrected chi connectivity index (χ1v) is 14.9. The Hall–Kier alpha value is -4.36. The molecule has 1 heterocycles. The van der Waals surface area contributed by atoms with Crippen molar-refractivity contribution in [3.05, 3.63) is 102 Å². The lowest BCUT2D eigenvalue weighted by atomic mass is 9.54. The maximum absolute atomic E-state index is 9.40. The van der Waals surface area contributed by atoms with Crippen LogP contribution in [0.3, 0.4) is 0 Å². The number of fused-ring (bicyclic) bond motifs is 3. The molecule has 0 N–H and O–H groups in total. The van der Waals surface area contributed by atoms with Crippen LogP contribution < -0.4 is 0 Å². The number of hydrogen-bond acceptors (Lipinski definition) is 4. The summed E-state index contributed by atoms with van der Waals surface area (Å²) in [6.45, 7) is 4.88. The molecule has 2 aliphatic rings. The Balaban J connectivity index is 1.33. The first-order chi connectivity index (χ1) is 20.0. The average Bonchev–Trinajstić information content (AvgIpc) is 3.00. The summed E-state index contributed by atoms with van der Waals surface area (Å²) < 4.78 is 0. The first-order valence-electron chi connectivity index (χ1n) is 14.9. The fourth-order valence-corrected chi connectivity index (χ4v) is 7.92. The van der Waals surface area contributed by atoms with Gasteiger partial charge >= 0.3 is 0 Å². The van der Waals surface area contributed by atoms with Crippen LogP contribution in [0.15, 0.2) is 91.0 Å². The molecule has 0 saturated heterocycles. The van der Waals surface area contributed by atoms with E-state index < -0.39 is 0 Å². The molecule has 41 heavy (non-hydrogen) atoms. The number of nitrogens with zero attached hydrogens (tertiary/aromatic N) is 4. The second kappa shape index (κ2) is 10.2. The molecular weight excluding hydrogens is 500 g/mol. The van der Waals surface area contributed by atoms with Crippen molar-refractivity contribution in [2.75, 3.05) is 0 Å². The monoisotopic (exact) mass is 534 g/mol. The highest BCUT2D eigenvalue weighted by Gasteiger charge is 2.45. The summed E-state index contributed by atoms with van der Waals surface area (Å²) in [5.41, 5.74) is 5.30. The molecule has 202 valence electrons. The van der Waals surface area contributed by atoms with Crippen molar-refractivity contribution >= 4 is 10.8 Å². The first kappa shape index (κ1) is 25.6. The zero-order valence-corrected chi connectivity index (χ0v) is 23.7. The standard InChI is InChI=1S/C37H34N4/c1-24-17-27-18-25(2)21-37(20-24,22-27)31-14-12-29(13-15-31)35-39-34(28-7-4-3-5-8-28)40-36(41-35)33-10-6-9-30-19-26(23-38)11-16-32(30)33/h3-16,19,24-25,27H,17-18,20-22H2,1-2H3/t24-,25?,27-,37?/m1/s1. The Morgan fingerprint density at radius 3 is 2.02 bits per heavy atom.